The van der Waals surface area contributed by atoms with Gasteiger partial charge in [-0.2, -0.15) is 0 Å². The van der Waals surface area contributed by atoms with Gasteiger partial charge in [0, 0.05) is 12.2 Å². The van der Waals surface area contributed by atoms with Gasteiger partial charge in [-0.25, -0.2) is 4.39 Å². The van der Waals surface area contributed by atoms with E-state index in [1.54, 1.807) is 19.1 Å². The third-order valence-corrected chi connectivity index (χ3v) is 3.16. The third kappa shape index (κ3) is 3.03. The molecule has 2 aromatic carbocycles. The Bertz CT molecular complexity index is 653. The fourth-order valence-corrected chi connectivity index (χ4v) is 1.92. The predicted molar refractivity (Wildman–Crippen MR) is 78.2 cm³/mol. The molecule has 0 saturated heterocycles. The second-order valence-electron chi connectivity index (χ2n) is 4.79. The molecule has 0 fully saturated rings. The highest BCUT2D eigenvalue weighted by Crippen LogP contribution is 2.19. The Hall–Kier alpha value is -2.20. The molecule has 0 aromatic heterocycles. The Morgan fingerprint density at radius 3 is 2.60 bits per heavy atom. The zero-order valence-corrected chi connectivity index (χ0v) is 11.5. The summed E-state index contributed by atoms with van der Waals surface area (Å²) in [6.45, 7) is 4.04. The van der Waals surface area contributed by atoms with Crippen molar-refractivity contribution in [1.29, 1.82) is 0 Å². The largest absolute Gasteiger partial charge is 0.326 e. The topological polar surface area (TPSA) is 55.1 Å². The molecule has 2 aromatic rings. The molecule has 0 unspecified atom stereocenters. The average molecular weight is 272 g/mol. The Balaban J connectivity index is 2.27. The highest BCUT2D eigenvalue weighted by Gasteiger charge is 2.13. The molecule has 3 nitrogen and oxygen atoms in total. The van der Waals surface area contributed by atoms with Gasteiger partial charge < -0.3 is 11.1 Å². The number of halogens is 1. The van der Waals surface area contributed by atoms with Crippen LogP contribution in [0.25, 0.3) is 0 Å². The van der Waals surface area contributed by atoms with E-state index in [2.05, 4.69) is 5.32 Å². The quantitative estimate of drug-likeness (QED) is 0.901. The van der Waals surface area contributed by atoms with Crippen LogP contribution in [0.15, 0.2) is 36.4 Å². The van der Waals surface area contributed by atoms with E-state index in [1.165, 1.54) is 12.1 Å². The van der Waals surface area contributed by atoms with Crippen molar-refractivity contribution in [3.05, 3.63) is 64.5 Å². The minimum absolute atomic E-state index is 0.0353. The van der Waals surface area contributed by atoms with Crippen LogP contribution in [0, 0.1) is 19.7 Å². The minimum atomic E-state index is -0.518. The van der Waals surface area contributed by atoms with E-state index in [0.29, 0.717) is 12.2 Å². The molecule has 0 saturated carbocycles. The molecule has 104 valence electrons. The van der Waals surface area contributed by atoms with Crippen LogP contribution in [0.4, 0.5) is 10.1 Å². The first-order valence-corrected chi connectivity index (χ1v) is 6.38. The molecule has 0 aliphatic heterocycles. The maximum absolute atomic E-state index is 13.8. The van der Waals surface area contributed by atoms with Gasteiger partial charge in [0.25, 0.3) is 5.91 Å². The molecule has 0 heterocycles. The molecule has 0 aliphatic rings. The van der Waals surface area contributed by atoms with Crippen molar-refractivity contribution in [2.75, 3.05) is 5.32 Å². The Labute approximate surface area is 117 Å². The molecule has 3 N–H and O–H groups in total. The molecule has 20 heavy (non-hydrogen) atoms. The van der Waals surface area contributed by atoms with E-state index >= 15 is 0 Å². The van der Waals surface area contributed by atoms with Crippen molar-refractivity contribution < 1.29 is 9.18 Å². The summed E-state index contributed by atoms with van der Waals surface area (Å²) in [6, 6.07) is 10.1. The standard InChI is InChI=1S/C16H17FN2O/c1-10-3-6-13(14(17)7-10)16(20)19-15-8-12(9-18)5-4-11(15)2/h3-8H,9,18H2,1-2H3,(H,19,20). The number of hydrogen-bond donors (Lipinski definition) is 2. The van der Waals surface area contributed by atoms with Gasteiger partial charge in [0.2, 0.25) is 0 Å². The number of carbonyl (C=O) groups excluding carboxylic acids is 1. The molecule has 0 bridgehead atoms. The number of amides is 1. The maximum Gasteiger partial charge on any atom is 0.258 e. The maximum atomic E-state index is 13.8. The summed E-state index contributed by atoms with van der Waals surface area (Å²) in [5.41, 5.74) is 8.86. The normalized spacial score (nSPS) is 10.4. The van der Waals surface area contributed by atoms with Gasteiger partial charge in [-0.05, 0) is 48.7 Å². The van der Waals surface area contributed by atoms with Crippen LogP contribution in [0.3, 0.4) is 0 Å². The Kier molecular flexibility index (Phi) is 4.15. The molecule has 0 spiro atoms. The lowest BCUT2D eigenvalue weighted by atomic mass is 10.1. The molecule has 0 radical (unpaired) electrons. The summed E-state index contributed by atoms with van der Waals surface area (Å²) in [6.07, 6.45) is 0. The number of aryl methyl sites for hydroxylation is 2. The molecule has 0 atom stereocenters. The molecule has 1 amide bonds. The summed E-state index contributed by atoms with van der Waals surface area (Å²) >= 11 is 0. The average Bonchev–Trinajstić information content (AvgIpc) is 2.41. The first-order valence-electron chi connectivity index (χ1n) is 6.38. The molecule has 4 heteroatoms. The van der Waals surface area contributed by atoms with E-state index in [1.807, 2.05) is 19.1 Å². The number of carbonyl (C=O) groups is 1. The van der Waals surface area contributed by atoms with Crippen LogP contribution in [-0.2, 0) is 6.54 Å². The lowest BCUT2D eigenvalue weighted by Crippen LogP contribution is -2.15. The fraction of sp³-hybridized carbons (Fsp3) is 0.188. The summed E-state index contributed by atoms with van der Waals surface area (Å²) in [4.78, 5) is 12.1. The van der Waals surface area contributed by atoms with E-state index in [4.69, 9.17) is 5.73 Å². The minimum Gasteiger partial charge on any atom is -0.326 e. The van der Waals surface area contributed by atoms with Crippen LogP contribution in [0.2, 0.25) is 0 Å². The van der Waals surface area contributed by atoms with Gasteiger partial charge in [0.1, 0.15) is 5.82 Å². The Morgan fingerprint density at radius 2 is 1.95 bits per heavy atom. The second-order valence-corrected chi connectivity index (χ2v) is 4.79. The van der Waals surface area contributed by atoms with Gasteiger partial charge >= 0.3 is 0 Å². The van der Waals surface area contributed by atoms with E-state index in [9.17, 15) is 9.18 Å². The number of nitrogens with two attached hydrogens (primary N) is 1. The van der Waals surface area contributed by atoms with Crippen LogP contribution in [0.5, 0.6) is 0 Å². The Morgan fingerprint density at radius 1 is 1.20 bits per heavy atom. The van der Waals surface area contributed by atoms with Crippen LogP contribution in [-0.4, -0.2) is 5.91 Å². The van der Waals surface area contributed by atoms with Crippen LogP contribution in [0.1, 0.15) is 27.0 Å². The summed E-state index contributed by atoms with van der Waals surface area (Å²) < 4.78 is 13.8. The number of hydrogen-bond acceptors (Lipinski definition) is 2. The zero-order valence-electron chi connectivity index (χ0n) is 11.5. The number of anilines is 1. The second kappa shape index (κ2) is 5.84. The fourth-order valence-electron chi connectivity index (χ4n) is 1.92. The first kappa shape index (κ1) is 14.2. The summed E-state index contributed by atoms with van der Waals surface area (Å²) in [5.74, 6) is -0.977. The van der Waals surface area contributed by atoms with Crippen molar-refractivity contribution in [3.63, 3.8) is 0 Å². The van der Waals surface area contributed by atoms with E-state index in [0.717, 1.165) is 16.7 Å². The highest BCUT2D eigenvalue weighted by atomic mass is 19.1. The van der Waals surface area contributed by atoms with Gasteiger partial charge in [-0.3, -0.25) is 4.79 Å². The summed E-state index contributed by atoms with van der Waals surface area (Å²) in [5, 5.41) is 2.73. The van der Waals surface area contributed by atoms with Crippen molar-refractivity contribution in [3.8, 4) is 0 Å². The van der Waals surface area contributed by atoms with Crippen molar-refractivity contribution in [2.45, 2.75) is 20.4 Å². The number of benzene rings is 2. The highest BCUT2D eigenvalue weighted by molar-refractivity contribution is 6.04. The number of rotatable bonds is 3. The molecular formula is C16H17FN2O. The molecule has 2 rings (SSSR count). The van der Waals surface area contributed by atoms with Gasteiger partial charge in [-0.15, -0.1) is 0 Å². The van der Waals surface area contributed by atoms with Crippen molar-refractivity contribution in [1.82, 2.24) is 0 Å². The van der Waals surface area contributed by atoms with Crippen LogP contribution >= 0.6 is 0 Å². The number of nitrogens with one attached hydrogen (secondary N) is 1. The predicted octanol–water partition coefficient (Wildman–Crippen LogP) is 3.15. The van der Waals surface area contributed by atoms with Gasteiger partial charge in [-0.1, -0.05) is 18.2 Å². The zero-order chi connectivity index (χ0) is 14.7. The van der Waals surface area contributed by atoms with Crippen molar-refractivity contribution >= 4 is 11.6 Å². The van der Waals surface area contributed by atoms with Gasteiger partial charge in [0.05, 0.1) is 5.56 Å². The summed E-state index contributed by atoms with van der Waals surface area (Å²) in [7, 11) is 0. The van der Waals surface area contributed by atoms with Crippen molar-refractivity contribution in [2.24, 2.45) is 5.73 Å². The van der Waals surface area contributed by atoms with Crippen LogP contribution < -0.4 is 11.1 Å². The SMILES string of the molecule is Cc1ccc(C(=O)Nc2cc(CN)ccc2C)c(F)c1. The monoisotopic (exact) mass is 272 g/mol. The lowest BCUT2D eigenvalue weighted by molar-refractivity contribution is 0.102. The third-order valence-electron chi connectivity index (χ3n) is 3.16. The molecular weight excluding hydrogens is 255 g/mol. The van der Waals surface area contributed by atoms with E-state index < -0.39 is 11.7 Å². The first-order chi connectivity index (χ1) is 9.51. The smallest absolute Gasteiger partial charge is 0.258 e. The molecule has 0 aliphatic carbocycles. The lowest BCUT2D eigenvalue weighted by Gasteiger charge is -2.11. The van der Waals surface area contributed by atoms with E-state index in [-0.39, 0.29) is 5.56 Å². The van der Waals surface area contributed by atoms with Gasteiger partial charge in [0.15, 0.2) is 0 Å².